The highest BCUT2D eigenvalue weighted by atomic mass is 16.6. The van der Waals surface area contributed by atoms with Crippen molar-refractivity contribution in [1.29, 1.82) is 0 Å². The second-order valence-corrected chi connectivity index (χ2v) is 5.29. The lowest BCUT2D eigenvalue weighted by molar-refractivity contribution is -0.384. The van der Waals surface area contributed by atoms with Gasteiger partial charge in [0, 0.05) is 17.1 Å². The quantitative estimate of drug-likeness (QED) is 0.349. The van der Waals surface area contributed by atoms with Crippen molar-refractivity contribution in [3.8, 4) is 5.75 Å². The number of benzene rings is 2. The molecule has 9 nitrogen and oxygen atoms in total. The van der Waals surface area contributed by atoms with Crippen LogP contribution in [0, 0.1) is 10.1 Å². The summed E-state index contributed by atoms with van der Waals surface area (Å²) >= 11 is 0. The zero-order chi connectivity index (χ0) is 18.5. The van der Waals surface area contributed by atoms with E-state index in [-0.39, 0.29) is 17.5 Å². The molecule has 0 bridgehead atoms. The molecule has 0 aliphatic carbocycles. The Kier molecular flexibility index (Phi) is 4.79. The number of nitrogens with zero attached hydrogens (tertiary/aromatic N) is 3. The number of nitrogens with two attached hydrogens (primary N) is 1. The SMILES string of the molecule is COc1ccc(Nc2ncc([N+](=O)[O-])c(Nc3ccc(N)cc3)n2)cc1. The Morgan fingerprint density at radius 2 is 1.65 bits per heavy atom. The van der Waals surface area contributed by atoms with Crippen LogP contribution < -0.4 is 21.1 Å². The number of nitro groups is 1. The van der Waals surface area contributed by atoms with Crippen LogP contribution in [0.5, 0.6) is 5.75 Å². The van der Waals surface area contributed by atoms with Crippen LogP contribution in [0.3, 0.4) is 0 Å². The summed E-state index contributed by atoms with van der Waals surface area (Å²) in [5.41, 5.74) is 7.35. The van der Waals surface area contributed by atoms with Crippen molar-refractivity contribution in [1.82, 2.24) is 9.97 Å². The van der Waals surface area contributed by atoms with Gasteiger partial charge in [0.2, 0.25) is 11.8 Å². The highest BCUT2D eigenvalue weighted by Crippen LogP contribution is 2.27. The van der Waals surface area contributed by atoms with Crippen LogP contribution in [0.25, 0.3) is 0 Å². The molecule has 2 aromatic carbocycles. The minimum absolute atomic E-state index is 0.0748. The fourth-order valence-corrected chi connectivity index (χ4v) is 2.17. The fourth-order valence-electron chi connectivity index (χ4n) is 2.17. The van der Waals surface area contributed by atoms with Crippen molar-refractivity contribution in [3.63, 3.8) is 0 Å². The van der Waals surface area contributed by atoms with Crippen molar-refractivity contribution in [2.75, 3.05) is 23.5 Å². The maximum Gasteiger partial charge on any atom is 0.329 e. The molecule has 0 aliphatic rings. The average molecular weight is 352 g/mol. The molecule has 4 N–H and O–H groups in total. The lowest BCUT2D eigenvalue weighted by atomic mass is 10.3. The van der Waals surface area contributed by atoms with Crippen molar-refractivity contribution < 1.29 is 9.66 Å². The summed E-state index contributed by atoms with van der Waals surface area (Å²) in [6.45, 7) is 0. The molecule has 0 fully saturated rings. The summed E-state index contributed by atoms with van der Waals surface area (Å²) in [7, 11) is 1.58. The number of aromatic nitrogens is 2. The van der Waals surface area contributed by atoms with Gasteiger partial charge in [-0.25, -0.2) is 4.98 Å². The lowest BCUT2D eigenvalue weighted by Crippen LogP contribution is -2.04. The molecular weight excluding hydrogens is 336 g/mol. The van der Waals surface area contributed by atoms with Crippen LogP contribution in [0.4, 0.5) is 34.5 Å². The second kappa shape index (κ2) is 7.34. The summed E-state index contributed by atoms with van der Waals surface area (Å²) < 4.78 is 5.10. The van der Waals surface area contributed by atoms with E-state index >= 15 is 0 Å². The van der Waals surface area contributed by atoms with Crippen molar-refractivity contribution >= 4 is 34.5 Å². The summed E-state index contributed by atoms with van der Waals surface area (Å²) in [5.74, 6) is 1.01. The van der Waals surface area contributed by atoms with Crippen LogP contribution in [-0.2, 0) is 0 Å². The molecule has 0 spiro atoms. The maximum atomic E-state index is 11.2. The molecule has 1 aromatic heterocycles. The predicted octanol–water partition coefficient (Wildman–Crippen LogP) is 3.46. The van der Waals surface area contributed by atoms with Crippen LogP contribution in [0.15, 0.2) is 54.7 Å². The van der Waals surface area contributed by atoms with Gasteiger partial charge < -0.3 is 21.1 Å². The summed E-state index contributed by atoms with van der Waals surface area (Å²) in [4.78, 5) is 18.9. The standard InChI is InChI=1S/C17H16N6O3/c1-26-14-8-6-13(7-9-14)21-17-19-10-15(23(24)25)16(22-17)20-12-4-2-11(18)3-5-12/h2-10H,18H2,1H3,(H2,19,20,21,22). The van der Waals surface area contributed by atoms with E-state index in [4.69, 9.17) is 10.5 Å². The molecule has 0 aliphatic heterocycles. The molecule has 3 rings (SSSR count). The largest absolute Gasteiger partial charge is 0.497 e. The predicted molar refractivity (Wildman–Crippen MR) is 99.1 cm³/mol. The number of anilines is 5. The number of nitrogens with one attached hydrogen (secondary N) is 2. The Hall–Kier alpha value is -3.88. The molecule has 1 heterocycles. The highest BCUT2D eigenvalue weighted by Gasteiger charge is 2.17. The van der Waals surface area contributed by atoms with Crippen LogP contribution in [0.1, 0.15) is 0 Å². The minimum Gasteiger partial charge on any atom is -0.497 e. The first-order valence-corrected chi connectivity index (χ1v) is 7.60. The van der Waals surface area contributed by atoms with Gasteiger partial charge >= 0.3 is 5.69 Å². The van der Waals surface area contributed by atoms with E-state index in [1.807, 2.05) is 0 Å². The number of methoxy groups -OCH3 is 1. The fraction of sp³-hybridized carbons (Fsp3) is 0.0588. The van der Waals surface area contributed by atoms with Gasteiger partial charge in [0.15, 0.2) is 0 Å². The van der Waals surface area contributed by atoms with Crippen LogP contribution in [0.2, 0.25) is 0 Å². The molecule has 0 saturated carbocycles. The van der Waals surface area contributed by atoms with E-state index in [0.717, 1.165) is 11.9 Å². The third-order valence-electron chi connectivity index (χ3n) is 3.49. The van der Waals surface area contributed by atoms with Gasteiger partial charge in [-0.15, -0.1) is 0 Å². The first-order chi connectivity index (χ1) is 12.5. The third-order valence-corrected chi connectivity index (χ3v) is 3.49. The van der Waals surface area contributed by atoms with Gasteiger partial charge in [0.05, 0.1) is 12.0 Å². The third kappa shape index (κ3) is 3.96. The number of rotatable bonds is 6. The number of ether oxygens (including phenoxy) is 1. The van der Waals surface area contributed by atoms with E-state index in [1.54, 1.807) is 55.6 Å². The van der Waals surface area contributed by atoms with E-state index in [9.17, 15) is 10.1 Å². The summed E-state index contributed by atoms with van der Waals surface area (Å²) in [6, 6.07) is 13.9. The zero-order valence-corrected chi connectivity index (χ0v) is 13.8. The Labute approximate surface area is 149 Å². The average Bonchev–Trinajstić information content (AvgIpc) is 2.64. The monoisotopic (exact) mass is 352 g/mol. The molecular formula is C17H16N6O3. The second-order valence-electron chi connectivity index (χ2n) is 5.29. The van der Waals surface area contributed by atoms with E-state index in [2.05, 4.69) is 20.6 Å². The normalized spacial score (nSPS) is 10.2. The van der Waals surface area contributed by atoms with Gasteiger partial charge in [0.25, 0.3) is 0 Å². The van der Waals surface area contributed by atoms with Crippen LogP contribution >= 0.6 is 0 Å². The van der Waals surface area contributed by atoms with E-state index in [0.29, 0.717) is 17.1 Å². The Morgan fingerprint density at radius 1 is 1.04 bits per heavy atom. The Balaban J connectivity index is 1.87. The number of nitrogen functional groups attached to an aromatic ring is 1. The van der Waals surface area contributed by atoms with Gasteiger partial charge in [-0.3, -0.25) is 10.1 Å². The van der Waals surface area contributed by atoms with Crippen molar-refractivity contribution in [2.24, 2.45) is 0 Å². The van der Waals surface area contributed by atoms with Crippen molar-refractivity contribution in [3.05, 3.63) is 64.8 Å². The molecule has 26 heavy (non-hydrogen) atoms. The minimum atomic E-state index is -0.545. The molecule has 9 heteroatoms. The van der Waals surface area contributed by atoms with Gasteiger partial charge in [-0.2, -0.15) is 4.98 Å². The first-order valence-electron chi connectivity index (χ1n) is 7.60. The molecule has 0 radical (unpaired) electrons. The van der Waals surface area contributed by atoms with Crippen molar-refractivity contribution in [2.45, 2.75) is 0 Å². The van der Waals surface area contributed by atoms with Gasteiger partial charge in [-0.05, 0) is 48.5 Å². The van der Waals surface area contributed by atoms with Gasteiger partial charge in [-0.1, -0.05) is 0 Å². The number of hydrogen-bond acceptors (Lipinski definition) is 8. The highest BCUT2D eigenvalue weighted by molar-refractivity contribution is 5.68. The van der Waals surface area contributed by atoms with Crippen LogP contribution in [-0.4, -0.2) is 22.0 Å². The Bertz CT molecular complexity index is 913. The zero-order valence-electron chi connectivity index (χ0n) is 13.8. The maximum absolute atomic E-state index is 11.2. The molecule has 0 unspecified atom stereocenters. The van der Waals surface area contributed by atoms with E-state index in [1.165, 1.54) is 0 Å². The topological polar surface area (TPSA) is 128 Å². The molecule has 3 aromatic rings. The molecule has 0 atom stereocenters. The first kappa shape index (κ1) is 17.0. The molecule has 0 saturated heterocycles. The molecule has 0 amide bonds. The van der Waals surface area contributed by atoms with Gasteiger partial charge in [0.1, 0.15) is 11.9 Å². The Morgan fingerprint density at radius 3 is 2.27 bits per heavy atom. The summed E-state index contributed by atoms with van der Waals surface area (Å²) in [6.07, 6.45) is 1.15. The summed E-state index contributed by atoms with van der Waals surface area (Å²) in [5, 5.41) is 17.2. The number of hydrogen-bond donors (Lipinski definition) is 3. The lowest BCUT2D eigenvalue weighted by Gasteiger charge is -2.09. The molecule has 132 valence electrons. The smallest absolute Gasteiger partial charge is 0.329 e. The van der Waals surface area contributed by atoms with E-state index < -0.39 is 4.92 Å².